The number of aryl methyl sites for hydroxylation is 1. The van der Waals surface area contributed by atoms with Crippen LogP contribution in [0.5, 0.6) is 5.75 Å². The van der Waals surface area contributed by atoms with Gasteiger partial charge in [0.25, 0.3) is 0 Å². The monoisotopic (exact) mass is 336 g/mol. The molecule has 0 bridgehead atoms. The summed E-state index contributed by atoms with van der Waals surface area (Å²) in [5.41, 5.74) is 0. The Bertz CT molecular complexity index is 626. The Morgan fingerprint density at radius 2 is 1.91 bits per heavy atom. The molecular formula is C16H21ClN4O2. The summed E-state index contributed by atoms with van der Waals surface area (Å²) in [7, 11) is 0. The molecular weight excluding hydrogens is 316 g/mol. The SMILES string of the molecule is Cc1nc(CN2CCN(CCOc3ccccc3Cl)CC2)no1. The van der Waals surface area contributed by atoms with Crippen molar-refractivity contribution in [1.82, 2.24) is 19.9 Å². The fourth-order valence-corrected chi connectivity index (χ4v) is 2.81. The molecule has 0 spiro atoms. The molecule has 23 heavy (non-hydrogen) atoms. The highest BCUT2D eigenvalue weighted by molar-refractivity contribution is 6.32. The number of ether oxygens (including phenoxy) is 1. The van der Waals surface area contributed by atoms with E-state index in [9.17, 15) is 0 Å². The molecule has 0 aliphatic carbocycles. The van der Waals surface area contributed by atoms with Crippen LogP contribution in [-0.4, -0.2) is 59.3 Å². The van der Waals surface area contributed by atoms with E-state index in [1.54, 1.807) is 0 Å². The molecule has 2 aromatic rings. The minimum absolute atomic E-state index is 0.621. The maximum atomic E-state index is 6.08. The van der Waals surface area contributed by atoms with Crippen molar-refractivity contribution in [3.8, 4) is 5.75 Å². The lowest BCUT2D eigenvalue weighted by Crippen LogP contribution is -2.47. The number of rotatable bonds is 6. The lowest BCUT2D eigenvalue weighted by Gasteiger charge is -2.33. The van der Waals surface area contributed by atoms with Crippen LogP contribution in [0.3, 0.4) is 0 Å². The first-order valence-electron chi connectivity index (χ1n) is 7.82. The van der Waals surface area contributed by atoms with Crippen LogP contribution in [0.2, 0.25) is 5.02 Å². The van der Waals surface area contributed by atoms with Crippen molar-refractivity contribution >= 4 is 11.6 Å². The summed E-state index contributed by atoms with van der Waals surface area (Å²) in [5, 5.41) is 4.61. The molecule has 0 radical (unpaired) electrons. The summed E-state index contributed by atoms with van der Waals surface area (Å²) >= 11 is 6.08. The summed E-state index contributed by atoms with van der Waals surface area (Å²) in [6, 6.07) is 7.57. The van der Waals surface area contributed by atoms with Gasteiger partial charge in [0, 0.05) is 39.6 Å². The minimum atomic E-state index is 0.621. The largest absolute Gasteiger partial charge is 0.491 e. The Hall–Kier alpha value is -1.63. The first-order valence-corrected chi connectivity index (χ1v) is 8.20. The first kappa shape index (κ1) is 16.2. The Kier molecular flexibility index (Phi) is 5.48. The topological polar surface area (TPSA) is 54.6 Å². The van der Waals surface area contributed by atoms with Crippen LogP contribution in [0.25, 0.3) is 0 Å². The smallest absolute Gasteiger partial charge is 0.223 e. The van der Waals surface area contributed by atoms with Crippen LogP contribution < -0.4 is 4.74 Å². The number of para-hydroxylation sites is 1. The quantitative estimate of drug-likeness (QED) is 0.806. The van der Waals surface area contributed by atoms with E-state index in [1.165, 1.54) is 0 Å². The zero-order valence-electron chi connectivity index (χ0n) is 13.2. The predicted molar refractivity (Wildman–Crippen MR) is 87.7 cm³/mol. The molecule has 2 heterocycles. The molecule has 1 aliphatic rings. The van der Waals surface area contributed by atoms with E-state index in [1.807, 2.05) is 31.2 Å². The van der Waals surface area contributed by atoms with Crippen LogP contribution in [0, 0.1) is 6.92 Å². The van der Waals surface area contributed by atoms with E-state index in [0.29, 0.717) is 17.5 Å². The third-order valence-corrected chi connectivity index (χ3v) is 4.21. The maximum absolute atomic E-state index is 6.08. The Labute approximate surface area is 141 Å². The second-order valence-electron chi connectivity index (χ2n) is 5.63. The third kappa shape index (κ3) is 4.67. The predicted octanol–water partition coefficient (Wildman–Crippen LogP) is 2.23. The van der Waals surface area contributed by atoms with E-state index in [2.05, 4.69) is 19.9 Å². The highest BCUT2D eigenvalue weighted by Crippen LogP contribution is 2.22. The van der Waals surface area contributed by atoms with Crippen LogP contribution in [0.1, 0.15) is 11.7 Å². The van der Waals surface area contributed by atoms with Gasteiger partial charge in [-0.25, -0.2) is 0 Å². The average Bonchev–Trinajstić information content (AvgIpc) is 2.96. The van der Waals surface area contributed by atoms with Gasteiger partial charge in [-0.2, -0.15) is 4.98 Å². The minimum Gasteiger partial charge on any atom is -0.491 e. The van der Waals surface area contributed by atoms with Gasteiger partial charge in [-0.1, -0.05) is 28.9 Å². The zero-order valence-corrected chi connectivity index (χ0v) is 14.0. The van der Waals surface area contributed by atoms with Crippen molar-refractivity contribution in [2.75, 3.05) is 39.3 Å². The van der Waals surface area contributed by atoms with Crippen molar-refractivity contribution in [2.24, 2.45) is 0 Å². The number of benzene rings is 1. The van der Waals surface area contributed by atoms with E-state index >= 15 is 0 Å². The number of hydrogen-bond acceptors (Lipinski definition) is 6. The second kappa shape index (κ2) is 7.77. The summed E-state index contributed by atoms with van der Waals surface area (Å²) in [6.07, 6.45) is 0. The molecule has 3 rings (SSSR count). The Morgan fingerprint density at radius 1 is 1.17 bits per heavy atom. The lowest BCUT2D eigenvalue weighted by molar-refractivity contribution is 0.110. The van der Waals surface area contributed by atoms with Crippen molar-refractivity contribution in [1.29, 1.82) is 0 Å². The summed E-state index contributed by atoms with van der Waals surface area (Å²) in [5.74, 6) is 2.13. The van der Waals surface area contributed by atoms with Crippen LogP contribution in [-0.2, 0) is 6.54 Å². The highest BCUT2D eigenvalue weighted by atomic mass is 35.5. The zero-order chi connectivity index (χ0) is 16.1. The maximum Gasteiger partial charge on any atom is 0.223 e. The Balaban J connectivity index is 1.37. The van der Waals surface area contributed by atoms with E-state index < -0.39 is 0 Å². The van der Waals surface area contributed by atoms with Crippen LogP contribution >= 0.6 is 11.6 Å². The van der Waals surface area contributed by atoms with Crippen LogP contribution in [0.15, 0.2) is 28.8 Å². The number of hydrogen-bond donors (Lipinski definition) is 0. The first-order chi connectivity index (χ1) is 11.2. The van der Waals surface area contributed by atoms with E-state index in [0.717, 1.165) is 50.8 Å². The van der Waals surface area contributed by atoms with Gasteiger partial charge in [0.2, 0.25) is 5.89 Å². The molecule has 7 heteroatoms. The number of halogens is 1. The third-order valence-electron chi connectivity index (χ3n) is 3.90. The van der Waals surface area contributed by atoms with Gasteiger partial charge in [0.05, 0.1) is 11.6 Å². The van der Waals surface area contributed by atoms with Gasteiger partial charge in [-0.05, 0) is 12.1 Å². The van der Waals surface area contributed by atoms with Crippen molar-refractivity contribution in [3.05, 3.63) is 41.0 Å². The Morgan fingerprint density at radius 3 is 2.61 bits per heavy atom. The second-order valence-corrected chi connectivity index (χ2v) is 6.03. The van der Waals surface area contributed by atoms with Gasteiger partial charge in [-0.3, -0.25) is 9.80 Å². The van der Waals surface area contributed by atoms with Gasteiger partial charge < -0.3 is 9.26 Å². The number of nitrogens with zero attached hydrogens (tertiary/aromatic N) is 4. The van der Waals surface area contributed by atoms with Crippen molar-refractivity contribution < 1.29 is 9.26 Å². The molecule has 0 unspecified atom stereocenters. The molecule has 1 aromatic carbocycles. The van der Waals surface area contributed by atoms with Crippen molar-refractivity contribution in [3.63, 3.8) is 0 Å². The molecule has 0 atom stereocenters. The van der Waals surface area contributed by atoms with Gasteiger partial charge in [-0.15, -0.1) is 0 Å². The van der Waals surface area contributed by atoms with E-state index in [-0.39, 0.29) is 0 Å². The molecule has 0 saturated carbocycles. The fourth-order valence-electron chi connectivity index (χ4n) is 2.62. The number of aromatic nitrogens is 2. The normalized spacial score (nSPS) is 16.6. The van der Waals surface area contributed by atoms with E-state index in [4.69, 9.17) is 20.9 Å². The van der Waals surface area contributed by atoms with Crippen molar-refractivity contribution in [2.45, 2.75) is 13.5 Å². The van der Waals surface area contributed by atoms with Gasteiger partial charge >= 0.3 is 0 Å². The summed E-state index contributed by atoms with van der Waals surface area (Å²) < 4.78 is 10.8. The summed E-state index contributed by atoms with van der Waals surface area (Å²) in [6.45, 7) is 8.15. The molecule has 1 aliphatic heterocycles. The molecule has 0 amide bonds. The average molecular weight is 337 g/mol. The van der Waals surface area contributed by atoms with Gasteiger partial charge in [0.1, 0.15) is 12.4 Å². The molecule has 6 nitrogen and oxygen atoms in total. The van der Waals surface area contributed by atoms with Gasteiger partial charge in [0.15, 0.2) is 5.82 Å². The highest BCUT2D eigenvalue weighted by Gasteiger charge is 2.18. The molecule has 0 N–H and O–H groups in total. The molecule has 124 valence electrons. The molecule has 1 saturated heterocycles. The lowest BCUT2D eigenvalue weighted by atomic mass is 10.3. The molecule has 1 fully saturated rings. The van der Waals surface area contributed by atoms with Crippen LogP contribution in [0.4, 0.5) is 0 Å². The number of piperazine rings is 1. The fraction of sp³-hybridized carbons (Fsp3) is 0.500. The summed E-state index contributed by atoms with van der Waals surface area (Å²) in [4.78, 5) is 8.99. The standard InChI is InChI=1S/C16H21ClN4O2/c1-13-18-16(19-23-13)12-21-8-6-20(7-9-21)10-11-22-15-5-3-2-4-14(15)17/h2-5H,6-12H2,1H3. The molecule has 1 aromatic heterocycles.